The lowest BCUT2D eigenvalue weighted by molar-refractivity contribution is -0.126. The van der Waals surface area contributed by atoms with Crippen molar-refractivity contribution in [2.24, 2.45) is 0 Å². The number of hydrogen-bond acceptors (Lipinski definition) is 2. The topological polar surface area (TPSA) is 23.5 Å². The van der Waals surface area contributed by atoms with Crippen LogP contribution in [-0.2, 0) is 0 Å². The van der Waals surface area contributed by atoms with Crippen molar-refractivity contribution in [2.75, 3.05) is 19.6 Å². The Labute approximate surface area is 71.2 Å². The molecule has 72 valence electrons. The summed E-state index contributed by atoms with van der Waals surface area (Å²) < 4.78 is 24.5. The molecule has 0 bridgehead atoms. The Hall–Kier alpha value is -0.220. The Morgan fingerprint density at radius 1 is 1.42 bits per heavy atom. The maximum Gasteiger partial charge on any atom is 0.266 e. The van der Waals surface area contributed by atoms with Crippen LogP contribution in [0.25, 0.3) is 0 Å². The van der Waals surface area contributed by atoms with Gasteiger partial charge in [0, 0.05) is 13.1 Å². The lowest BCUT2D eigenvalue weighted by Crippen LogP contribution is -2.48. The summed E-state index contributed by atoms with van der Waals surface area (Å²) in [6, 6.07) is 0. The van der Waals surface area contributed by atoms with Gasteiger partial charge >= 0.3 is 0 Å². The quantitative estimate of drug-likeness (QED) is 0.686. The summed E-state index contributed by atoms with van der Waals surface area (Å²) in [7, 11) is 0. The first-order valence-corrected chi connectivity index (χ1v) is 4.31. The van der Waals surface area contributed by atoms with Gasteiger partial charge in [0.2, 0.25) is 0 Å². The van der Waals surface area contributed by atoms with E-state index in [2.05, 4.69) is 4.90 Å². The molecule has 0 atom stereocenters. The van der Waals surface area contributed by atoms with E-state index in [-0.39, 0.29) is 12.8 Å². The van der Waals surface area contributed by atoms with Crippen molar-refractivity contribution >= 4 is 0 Å². The Kier molecular flexibility index (Phi) is 3.01. The van der Waals surface area contributed by atoms with Crippen LogP contribution in [0.2, 0.25) is 0 Å². The Morgan fingerprint density at radius 2 is 1.92 bits per heavy atom. The standard InChI is InChI=1S/C8H15F2NO/c1-2-11-5-3-8(12,4-6-11)7(9)10/h7,12H,2-6H2,1H3. The van der Waals surface area contributed by atoms with Crippen LogP contribution in [0, 0.1) is 0 Å². The molecule has 0 aromatic rings. The second kappa shape index (κ2) is 3.66. The van der Waals surface area contributed by atoms with Crippen molar-refractivity contribution in [1.82, 2.24) is 4.90 Å². The normalized spacial score (nSPS) is 24.8. The lowest BCUT2D eigenvalue weighted by atomic mass is 9.92. The van der Waals surface area contributed by atoms with Gasteiger partial charge in [0.1, 0.15) is 5.60 Å². The summed E-state index contributed by atoms with van der Waals surface area (Å²) in [5, 5.41) is 9.39. The van der Waals surface area contributed by atoms with Crippen molar-refractivity contribution in [2.45, 2.75) is 31.8 Å². The molecule has 12 heavy (non-hydrogen) atoms. The largest absolute Gasteiger partial charge is 0.384 e. The summed E-state index contributed by atoms with van der Waals surface area (Å²) in [6.07, 6.45) is -2.21. The predicted molar refractivity (Wildman–Crippen MR) is 42.3 cm³/mol. The molecule has 4 heteroatoms. The summed E-state index contributed by atoms with van der Waals surface area (Å²) in [5.74, 6) is 0. The highest BCUT2D eigenvalue weighted by molar-refractivity contribution is 4.87. The van der Waals surface area contributed by atoms with E-state index < -0.39 is 12.0 Å². The number of rotatable bonds is 2. The van der Waals surface area contributed by atoms with E-state index in [1.807, 2.05) is 6.92 Å². The minimum atomic E-state index is -2.60. The van der Waals surface area contributed by atoms with Gasteiger partial charge in [0.15, 0.2) is 0 Å². The molecule has 0 aliphatic carbocycles. The molecular weight excluding hydrogens is 164 g/mol. The van der Waals surface area contributed by atoms with Gasteiger partial charge in [0.25, 0.3) is 6.43 Å². The van der Waals surface area contributed by atoms with Crippen molar-refractivity contribution in [3.05, 3.63) is 0 Å². The molecule has 2 nitrogen and oxygen atoms in total. The molecular formula is C8H15F2NO. The Morgan fingerprint density at radius 3 is 2.25 bits per heavy atom. The number of hydrogen-bond donors (Lipinski definition) is 1. The average molecular weight is 179 g/mol. The Bertz CT molecular complexity index is 144. The number of likely N-dealkylation sites (tertiary alicyclic amines) is 1. The van der Waals surface area contributed by atoms with Crippen molar-refractivity contribution in [3.63, 3.8) is 0 Å². The molecule has 1 aliphatic heterocycles. The van der Waals surface area contributed by atoms with E-state index in [4.69, 9.17) is 0 Å². The SMILES string of the molecule is CCN1CCC(O)(C(F)F)CC1. The second-order valence-electron chi connectivity index (χ2n) is 3.34. The van der Waals surface area contributed by atoms with E-state index in [1.165, 1.54) is 0 Å². The summed E-state index contributed by atoms with van der Waals surface area (Å²) in [4.78, 5) is 2.07. The van der Waals surface area contributed by atoms with Crippen molar-refractivity contribution in [3.8, 4) is 0 Å². The highest BCUT2D eigenvalue weighted by Crippen LogP contribution is 2.28. The predicted octanol–water partition coefficient (Wildman–Crippen LogP) is 1.10. The fourth-order valence-corrected chi connectivity index (χ4v) is 1.47. The van der Waals surface area contributed by atoms with Gasteiger partial charge in [-0.1, -0.05) is 6.92 Å². The molecule has 0 saturated carbocycles. The minimum Gasteiger partial charge on any atom is -0.384 e. The number of halogens is 2. The van der Waals surface area contributed by atoms with Crippen molar-refractivity contribution < 1.29 is 13.9 Å². The van der Waals surface area contributed by atoms with E-state index >= 15 is 0 Å². The van der Waals surface area contributed by atoms with E-state index in [9.17, 15) is 13.9 Å². The van der Waals surface area contributed by atoms with Crippen molar-refractivity contribution in [1.29, 1.82) is 0 Å². The van der Waals surface area contributed by atoms with E-state index in [1.54, 1.807) is 0 Å². The highest BCUT2D eigenvalue weighted by atomic mass is 19.3. The maximum absolute atomic E-state index is 12.3. The first kappa shape index (κ1) is 9.86. The van der Waals surface area contributed by atoms with Crippen LogP contribution < -0.4 is 0 Å². The van der Waals surface area contributed by atoms with Crippen LogP contribution in [0.5, 0.6) is 0 Å². The van der Waals surface area contributed by atoms with Gasteiger partial charge in [-0.15, -0.1) is 0 Å². The van der Waals surface area contributed by atoms with Crippen LogP contribution in [0.1, 0.15) is 19.8 Å². The monoisotopic (exact) mass is 179 g/mol. The molecule has 0 aromatic heterocycles. The van der Waals surface area contributed by atoms with Crippen LogP contribution in [0.15, 0.2) is 0 Å². The van der Waals surface area contributed by atoms with E-state index in [0.717, 1.165) is 6.54 Å². The molecule has 0 aromatic carbocycles. The number of alkyl halides is 2. The zero-order valence-electron chi connectivity index (χ0n) is 7.26. The molecule has 1 aliphatic rings. The third-order valence-corrected chi connectivity index (χ3v) is 2.58. The van der Waals surface area contributed by atoms with Gasteiger partial charge < -0.3 is 10.0 Å². The van der Waals surface area contributed by atoms with Crippen LogP contribution in [0.3, 0.4) is 0 Å². The molecule has 0 spiro atoms. The molecule has 1 saturated heterocycles. The number of piperidine rings is 1. The highest BCUT2D eigenvalue weighted by Gasteiger charge is 2.40. The van der Waals surface area contributed by atoms with Crippen LogP contribution in [-0.4, -0.2) is 41.7 Å². The third kappa shape index (κ3) is 1.93. The van der Waals surface area contributed by atoms with Gasteiger partial charge in [0.05, 0.1) is 0 Å². The fourth-order valence-electron chi connectivity index (χ4n) is 1.47. The first-order chi connectivity index (χ1) is 5.58. The van der Waals surface area contributed by atoms with Gasteiger partial charge in [-0.2, -0.15) is 0 Å². The zero-order chi connectivity index (χ0) is 9.19. The summed E-state index contributed by atoms with van der Waals surface area (Å²) in [5.41, 5.74) is -1.72. The Balaban J connectivity index is 2.44. The van der Waals surface area contributed by atoms with Gasteiger partial charge in [-0.05, 0) is 19.4 Å². The van der Waals surface area contributed by atoms with E-state index in [0.29, 0.717) is 13.1 Å². The second-order valence-corrected chi connectivity index (χ2v) is 3.34. The van der Waals surface area contributed by atoms with Crippen LogP contribution in [0.4, 0.5) is 8.78 Å². The average Bonchev–Trinajstić information content (AvgIpc) is 2.06. The molecule has 0 amide bonds. The smallest absolute Gasteiger partial charge is 0.266 e. The third-order valence-electron chi connectivity index (χ3n) is 2.58. The maximum atomic E-state index is 12.3. The number of nitrogens with zero attached hydrogens (tertiary/aromatic N) is 1. The molecule has 1 heterocycles. The summed E-state index contributed by atoms with van der Waals surface area (Å²) in [6.45, 7) is 4.03. The minimum absolute atomic E-state index is 0.193. The summed E-state index contributed by atoms with van der Waals surface area (Å²) >= 11 is 0. The fraction of sp³-hybridized carbons (Fsp3) is 1.00. The van der Waals surface area contributed by atoms with Crippen LogP contribution >= 0.6 is 0 Å². The molecule has 1 rings (SSSR count). The molecule has 0 unspecified atom stereocenters. The zero-order valence-corrected chi connectivity index (χ0v) is 7.26. The number of aliphatic hydroxyl groups is 1. The molecule has 0 radical (unpaired) electrons. The van der Waals surface area contributed by atoms with Gasteiger partial charge in [-0.25, -0.2) is 8.78 Å². The lowest BCUT2D eigenvalue weighted by Gasteiger charge is -2.36. The first-order valence-electron chi connectivity index (χ1n) is 4.31. The molecule has 1 fully saturated rings. The van der Waals surface area contributed by atoms with Gasteiger partial charge in [-0.3, -0.25) is 0 Å². The molecule has 1 N–H and O–H groups in total.